The molecule has 2 rings (SSSR count). The smallest absolute Gasteiger partial charge is 0.126 e. The molecule has 3 heteroatoms. The first-order valence-corrected chi connectivity index (χ1v) is 5.72. The molecule has 2 N–H and O–H groups in total. The number of anilines is 1. The van der Waals surface area contributed by atoms with E-state index in [0.717, 1.165) is 11.1 Å². The molecule has 2 aromatic carbocycles. The minimum atomic E-state index is 0.261. The van der Waals surface area contributed by atoms with Crippen LogP contribution in [-0.2, 0) is 13.0 Å². The van der Waals surface area contributed by atoms with Crippen LogP contribution in [0.1, 0.15) is 11.1 Å². The summed E-state index contributed by atoms with van der Waals surface area (Å²) in [6, 6.07) is 17.4. The lowest BCUT2D eigenvalue weighted by Crippen LogP contribution is -2.01. The van der Waals surface area contributed by atoms with E-state index in [0.29, 0.717) is 18.0 Å². The lowest BCUT2D eigenvalue weighted by Gasteiger charge is -2.11. The van der Waals surface area contributed by atoms with E-state index in [1.165, 1.54) is 0 Å². The van der Waals surface area contributed by atoms with Gasteiger partial charge in [-0.25, -0.2) is 0 Å². The average molecular weight is 238 g/mol. The van der Waals surface area contributed by atoms with Crippen LogP contribution < -0.4 is 10.5 Å². The minimum absolute atomic E-state index is 0.261. The molecule has 0 saturated carbocycles. The Bertz CT molecular complexity index is 558. The predicted octanol–water partition coefficient (Wildman–Crippen LogP) is 2.91. The fourth-order valence-electron chi connectivity index (χ4n) is 1.72. The Morgan fingerprint density at radius 1 is 1.06 bits per heavy atom. The Morgan fingerprint density at radius 3 is 2.56 bits per heavy atom. The van der Waals surface area contributed by atoms with E-state index in [9.17, 15) is 0 Å². The molecule has 0 aliphatic rings. The third-order valence-electron chi connectivity index (χ3n) is 2.66. The Morgan fingerprint density at radius 2 is 1.83 bits per heavy atom. The first-order chi connectivity index (χ1) is 8.81. The van der Waals surface area contributed by atoms with Gasteiger partial charge in [-0.05, 0) is 17.7 Å². The van der Waals surface area contributed by atoms with Crippen LogP contribution in [0.4, 0.5) is 5.69 Å². The summed E-state index contributed by atoms with van der Waals surface area (Å²) >= 11 is 0. The third kappa shape index (κ3) is 2.80. The van der Waals surface area contributed by atoms with Crippen molar-refractivity contribution in [1.82, 2.24) is 0 Å². The number of nitrogens with zero attached hydrogens (tertiary/aromatic N) is 1. The predicted molar refractivity (Wildman–Crippen MR) is 70.9 cm³/mol. The maximum absolute atomic E-state index is 8.79. The lowest BCUT2D eigenvalue weighted by molar-refractivity contribution is 0.304. The molecule has 0 fully saturated rings. The molecular weight excluding hydrogens is 224 g/mol. The van der Waals surface area contributed by atoms with Crippen LogP contribution in [0.5, 0.6) is 5.75 Å². The van der Waals surface area contributed by atoms with E-state index in [1.54, 1.807) is 6.07 Å². The molecule has 0 amide bonds. The maximum Gasteiger partial charge on any atom is 0.126 e. The SMILES string of the molecule is N#CCc1c(N)cccc1OCc1ccccc1. The molecule has 2 aromatic rings. The Hall–Kier alpha value is -2.47. The number of nitrogen functional groups attached to an aromatic ring is 1. The van der Waals surface area contributed by atoms with E-state index in [4.69, 9.17) is 15.7 Å². The van der Waals surface area contributed by atoms with Gasteiger partial charge in [0.1, 0.15) is 12.4 Å². The Balaban J connectivity index is 2.15. The van der Waals surface area contributed by atoms with E-state index < -0.39 is 0 Å². The number of benzene rings is 2. The Kier molecular flexibility index (Phi) is 3.83. The molecule has 90 valence electrons. The van der Waals surface area contributed by atoms with Crippen molar-refractivity contribution in [3.05, 3.63) is 59.7 Å². The molecule has 0 aliphatic carbocycles. The van der Waals surface area contributed by atoms with Gasteiger partial charge in [-0.1, -0.05) is 36.4 Å². The van der Waals surface area contributed by atoms with Crippen LogP contribution in [0.15, 0.2) is 48.5 Å². The molecule has 0 spiro atoms. The monoisotopic (exact) mass is 238 g/mol. The molecule has 0 atom stereocenters. The zero-order valence-electron chi connectivity index (χ0n) is 9.97. The number of nitriles is 1. The van der Waals surface area contributed by atoms with Gasteiger partial charge in [0, 0.05) is 11.3 Å². The highest BCUT2D eigenvalue weighted by Gasteiger charge is 2.07. The van der Waals surface area contributed by atoms with E-state index in [-0.39, 0.29) is 6.42 Å². The van der Waals surface area contributed by atoms with Crippen LogP contribution >= 0.6 is 0 Å². The van der Waals surface area contributed by atoms with Crippen molar-refractivity contribution in [2.45, 2.75) is 13.0 Å². The van der Waals surface area contributed by atoms with Gasteiger partial charge in [-0.15, -0.1) is 0 Å². The number of hydrogen-bond donors (Lipinski definition) is 1. The van der Waals surface area contributed by atoms with Gasteiger partial charge < -0.3 is 10.5 Å². The summed E-state index contributed by atoms with van der Waals surface area (Å²) in [4.78, 5) is 0. The fraction of sp³-hybridized carbons (Fsp3) is 0.133. The molecule has 0 aliphatic heterocycles. The number of rotatable bonds is 4. The summed E-state index contributed by atoms with van der Waals surface area (Å²) in [6.45, 7) is 0.475. The van der Waals surface area contributed by atoms with E-state index in [1.807, 2.05) is 42.5 Å². The molecular formula is C15H14N2O. The van der Waals surface area contributed by atoms with Crippen molar-refractivity contribution in [2.75, 3.05) is 5.73 Å². The molecule has 18 heavy (non-hydrogen) atoms. The van der Waals surface area contributed by atoms with E-state index >= 15 is 0 Å². The number of nitrogens with two attached hydrogens (primary N) is 1. The lowest BCUT2D eigenvalue weighted by atomic mass is 10.1. The molecule has 0 radical (unpaired) electrons. The highest BCUT2D eigenvalue weighted by molar-refractivity contribution is 5.55. The van der Waals surface area contributed by atoms with Crippen LogP contribution in [0.3, 0.4) is 0 Å². The summed E-state index contributed by atoms with van der Waals surface area (Å²) in [5.74, 6) is 0.681. The first kappa shape index (κ1) is 12.0. The standard InChI is InChI=1S/C15H14N2O/c16-10-9-13-14(17)7-4-8-15(13)18-11-12-5-2-1-3-6-12/h1-8H,9,11,17H2. The van der Waals surface area contributed by atoms with Crippen LogP contribution in [0.25, 0.3) is 0 Å². The van der Waals surface area contributed by atoms with Gasteiger partial charge in [0.25, 0.3) is 0 Å². The van der Waals surface area contributed by atoms with Crippen molar-refractivity contribution in [1.29, 1.82) is 5.26 Å². The summed E-state index contributed by atoms with van der Waals surface area (Å²) in [5.41, 5.74) is 8.29. The maximum atomic E-state index is 8.79. The number of ether oxygens (including phenoxy) is 1. The third-order valence-corrected chi connectivity index (χ3v) is 2.66. The van der Waals surface area contributed by atoms with Gasteiger partial charge in [-0.2, -0.15) is 5.26 Å². The molecule has 3 nitrogen and oxygen atoms in total. The van der Waals surface area contributed by atoms with Crippen molar-refractivity contribution in [2.24, 2.45) is 0 Å². The normalized spacial score (nSPS) is 9.72. The topological polar surface area (TPSA) is 59.0 Å². The van der Waals surface area contributed by atoms with Crippen molar-refractivity contribution in [3.63, 3.8) is 0 Å². The minimum Gasteiger partial charge on any atom is -0.489 e. The van der Waals surface area contributed by atoms with Gasteiger partial charge >= 0.3 is 0 Å². The second-order valence-electron chi connectivity index (χ2n) is 3.93. The zero-order chi connectivity index (χ0) is 12.8. The summed E-state index contributed by atoms with van der Waals surface area (Å²) in [7, 11) is 0. The second kappa shape index (κ2) is 5.74. The fourth-order valence-corrected chi connectivity index (χ4v) is 1.72. The van der Waals surface area contributed by atoms with Crippen molar-refractivity contribution < 1.29 is 4.74 Å². The molecule has 0 unspecified atom stereocenters. The van der Waals surface area contributed by atoms with Gasteiger partial charge in [0.15, 0.2) is 0 Å². The molecule has 0 heterocycles. The van der Waals surface area contributed by atoms with Crippen molar-refractivity contribution >= 4 is 5.69 Å². The molecule has 0 bridgehead atoms. The van der Waals surface area contributed by atoms with E-state index in [2.05, 4.69) is 6.07 Å². The highest BCUT2D eigenvalue weighted by atomic mass is 16.5. The summed E-state index contributed by atoms with van der Waals surface area (Å²) in [5, 5.41) is 8.79. The summed E-state index contributed by atoms with van der Waals surface area (Å²) < 4.78 is 5.73. The molecule has 0 aromatic heterocycles. The number of hydrogen-bond acceptors (Lipinski definition) is 3. The van der Waals surface area contributed by atoms with Crippen LogP contribution in [0, 0.1) is 11.3 Å². The van der Waals surface area contributed by atoms with Crippen LogP contribution in [0.2, 0.25) is 0 Å². The van der Waals surface area contributed by atoms with Gasteiger partial charge in [-0.3, -0.25) is 0 Å². The largest absolute Gasteiger partial charge is 0.489 e. The van der Waals surface area contributed by atoms with Gasteiger partial charge in [0.2, 0.25) is 0 Å². The molecule has 0 saturated heterocycles. The van der Waals surface area contributed by atoms with Crippen LogP contribution in [-0.4, -0.2) is 0 Å². The summed E-state index contributed by atoms with van der Waals surface area (Å²) in [6.07, 6.45) is 0.261. The second-order valence-corrected chi connectivity index (χ2v) is 3.93. The zero-order valence-corrected chi connectivity index (χ0v) is 9.97. The van der Waals surface area contributed by atoms with Crippen molar-refractivity contribution in [3.8, 4) is 11.8 Å². The highest BCUT2D eigenvalue weighted by Crippen LogP contribution is 2.25. The Labute approximate surface area is 106 Å². The average Bonchev–Trinajstić information content (AvgIpc) is 2.41. The first-order valence-electron chi connectivity index (χ1n) is 5.72. The van der Waals surface area contributed by atoms with Gasteiger partial charge in [0.05, 0.1) is 12.5 Å². The quantitative estimate of drug-likeness (QED) is 0.833.